The topological polar surface area (TPSA) is 53.1 Å². The summed E-state index contributed by atoms with van der Waals surface area (Å²) >= 11 is 12.4. The average Bonchev–Trinajstić information content (AvgIpc) is 2.43. The maximum atomic E-state index is 7.48. The van der Waals surface area contributed by atoms with Gasteiger partial charge in [0.2, 0.25) is 0 Å². The van der Waals surface area contributed by atoms with Gasteiger partial charge in [-0.05, 0) is 24.3 Å². The van der Waals surface area contributed by atoms with Crippen molar-refractivity contribution in [2.75, 3.05) is 11.9 Å². The quantitative estimate of drug-likeness (QED) is 0.664. The van der Waals surface area contributed by atoms with Crippen LogP contribution in [0.2, 0.25) is 10.0 Å². The van der Waals surface area contributed by atoms with Crippen LogP contribution in [0.15, 0.2) is 42.5 Å². The molecule has 3 N–H and O–H groups in total. The summed E-state index contributed by atoms with van der Waals surface area (Å²) in [7, 11) is 1.94. The first-order valence-electron chi connectivity index (χ1n) is 6.07. The zero-order valence-corrected chi connectivity index (χ0v) is 12.5. The van der Waals surface area contributed by atoms with Gasteiger partial charge < -0.3 is 10.6 Å². The second-order valence-electron chi connectivity index (χ2n) is 4.52. The predicted octanol–water partition coefficient (Wildman–Crippen LogP) is 3.91. The summed E-state index contributed by atoms with van der Waals surface area (Å²) in [5, 5.41) is 8.77. The molecule has 5 heteroatoms. The number of anilines is 1. The third-order valence-corrected chi connectivity index (χ3v) is 3.76. The van der Waals surface area contributed by atoms with Crippen molar-refractivity contribution in [1.29, 1.82) is 5.41 Å². The standard InChI is InChI=1S/C15H15Cl2N3/c1-20(9-12-13(16)6-3-7-14(12)17)11-5-2-4-10(8-11)15(18)19/h2-8H,9H2,1H3,(H3,18,19). The molecule has 0 aromatic heterocycles. The Morgan fingerprint density at radius 1 is 1.15 bits per heavy atom. The van der Waals surface area contributed by atoms with Crippen molar-refractivity contribution in [3.63, 3.8) is 0 Å². The SMILES string of the molecule is CN(Cc1c(Cl)cccc1Cl)c1cccc(C(=N)N)c1. The van der Waals surface area contributed by atoms with Crippen molar-refractivity contribution in [3.05, 3.63) is 63.6 Å². The second-order valence-corrected chi connectivity index (χ2v) is 5.33. The van der Waals surface area contributed by atoms with Crippen LogP contribution in [0.4, 0.5) is 5.69 Å². The minimum absolute atomic E-state index is 0.0519. The van der Waals surface area contributed by atoms with E-state index in [4.69, 9.17) is 34.3 Å². The third-order valence-electron chi connectivity index (χ3n) is 3.05. The minimum atomic E-state index is 0.0519. The Hall–Kier alpha value is -1.71. The number of hydrogen-bond acceptors (Lipinski definition) is 2. The summed E-state index contributed by atoms with van der Waals surface area (Å²) < 4.78 is 0. The van der Waals surface area contributed by atoms with E-state index in [-0.39, 0.29) is 5.84 Å². The molecule has 0 saturated carbocycles. The van der Waals surface area contributed by atoms with Gasteiger partial charge in [-0.2, -0.15) is 0 Å². The number of benzene rings is 2. The lowest BCUT2D eigenvalue weighted by Crippen LogP contribution is -2.18. The van der Waals surface area contributed by atoms with Gasteiger partial charge in [0.05, 0.1) is 0 Å². The van der Waals surface area contributed by atoms with Crippen molar-refractivity contribution in [1.82, 2.24) is 0 Å². The first-order chi connectivity index (χ1) is 9.49. The monoisotopic (exact) mass is 307 g/mol. The number of nitrogens with zero attached hydrogens (tertiary/aromatic N) is 1. The summed E-state index contributed by atoms with van der Waals surface area (Å²) in [6.07, 6.45) is 0. The zero-order valence-electron chi connectivity index (χ0n) is 11.0. The van der Waals surface area contributed by atoms with Gasteiger partial charge in [-0.3, -0.25) is 5.41 Å². The molecule has 20 heavy (non-hydrogen) atoms. The summed E-state index contributed by atoms with van der Waals surface area (Å²) in [4.78, 5) is 2.01. The van der Waals surface area contributed by atoms with Crippen LogP contribution in [0.3, 0.4) is 0 Å². The first-order valence-corrected chi connectivity index (χ1v) is 6.83. The molecule has 0 fully saturated rings. The molecule has 104 valence electrons. The molecular formula is C15H15Cl2N3. The molecule has 0 radical (unpaired) electrons. The fourth-order valence-corrected chi connectivity index (χ4v) is 2.44. The highest BCUT2D eigenvalue weighted by Gasteiger charge is 2.10. The molecule has 0 saturated heterocycles. The van der Waals surface area contributed by atoms with E-state index in [1.165, 1.54) is 0 Å². The number of hydrogen-bond donors (Lipinski definition) is 2. The van der Waals surface area contributed by atoms with Crippen LogP contribution in [-0.4, -0.2) is 12.9 Å². The molecule has 0 aliphatic rings. The molecule has 0 aliphatic carbocycles. The number of nitrogens with one attached hydrogen (secondary N) is 1. The lowest BCUT2D eigenvalue weighted by molar-refractivity contribution is 0.923. The van der Waals surface area contributed by atoms with Gasteiger partial charge in [0.15, 0.2) is 0 Å². The van der Waals surface area contributed by atoms with Crippen LogP contribution < -0.4 is 10.6 Å². The lowest BCUT2D eigenvalue weighted by atomic mass is 10.1. The van der Waals surface area contributed by atoms with Crippen molar-refractivity contribution in [2.45, 2.75) is 6.54 Å². The van der Waals surface area contributed by atoms with Crippen LogP contribution >= 0.6 is 23.2 Å². The van der Waals surface area contributed by atoms with E-state index in [1.54, 1.807) is 0 Å². The predicted molar refractivity (Wildman–Crippen MR) is 86.0 cm³/mol. The highest BCUT2D eigenvalue weighted by molar-refractivity contribution is 6.36. The van der Waals surface area contributed by atoms with Gasteiger partial charge in [0, 0.05) is 40.5 Å². The second kappa shape index (κ2) is 6.16. The number of halogens is 2. The Labute approximate surface area is 128 Å². The van der Waals surface area contributed by atoms with E-state index in [9.17, 15) is 0 Å². The maximum absolute atomic E-state index is 7.48. The normalized spacial score (nSPS) is 10.3. The van der Waals surface area contributed by atoms with E-state index in [1.807, 2.05) is 54.4 Å². The van der Waals surface area contributed by atoms with Gasteiger partial charge in [0.1, 0.15) is 5.84 Å². The molecule has 2 rings (SSSR count). The van der Waals surface area contributed by atoms with Gasteiger partial charge in [-0.25, -0.2) is 0 Å². The third kappa shape index (κ3) is 3.24. The van der Waals surface area contributed by atoms with Crippen LogP contribution in [0.1, 0.15) is 11.1 Å². The molecule has 2 aromatic carbocycles. The summed E-state index contributed by atoms with van der Waals surface area (Å²) in [5.41, 5.74) is 8.03. The van der Waals surface area contributed by atoms with E-state index in [0.717, 1.165) is 11.3 Å². The number of nitrogen functional groups attached to an aromatic ring is 1. The van der Waals surface area contributed by atoms with Crippen molar-refractivity contribution < 1.29 is 0 Å². The van der Waals surface area contributed by atoms with E-state index in [0.29, 0.717) is 22.2 Å². The molecule has 0 spiro atoms. The van der Waals surface area contributed by atoms with E-state index < -0.39 is 0 Å². The Kier molecular flexibility index (Phi) is 4.53. The van der Waals surface area contributed by atoms with Crippen LogP contribution in [-0.2, 0) is 6.54 Å². The van der Waals surface area contributed by atoms with Crippen molar-refractivity contribution in [3.8, 4) is 0 Å². The summed E-state index contributed by atoms with van der Waals surface area (Å²) in [5.74, 6) is 0.0519. The maximum Gasteiger partial charge on any atom is 0.122 e. The Morgan fingerprint density at radius 3 is 2.35 bits per heavy atom. The summed E-state index contributed by atoms with van der Waals surface area (Å²) in [6.45, 7) is 0.583. The molecule has 0 unspecified atom stereocenters. The molecule has 0 aliphatic heterocycles. The van der Waals surface area contributed by atoms with Crippen LogP contribution in [0, 0.1) is 5.41 Å². The van der Waals surface area contributed by atoms with Crippen molar-refractivity contribution in [2.24, 2.45) is 5.73 Å². The highest BCUT2D eigenvalue weighted by Crippen LogP contribution is 2.27. The first kappa shape index (κ1) is 14.7. The van der Waals surface area contributed by atoms with Crippen LogP contribution in [0.25, 0.3) is 0 Å². The van der Waals surface area contributed by atoms with Gasteiger partial charge in [-0.1, -0.05) is 41.4 Å². The van der Waals surface area contributed by atoms with Gasteiger partial charge >= 0.3 is 0 Å². The molecule has 3 nitrogen and oxygen atoms in total. The average molecular weight is 308 g/mol. The molecule has 0 amide bonds. The number of amidine groups is 1. The lowest BCUT2D eigenvalue weighted by Gasteiger charge is -2.21. The Balaban J connectivity index is 2.26. The number of nitrogens with two attached hydrogens (primary N) is 1. The number of rotatable bonds is 4. The highest BCUT2D eigenvalue weighted by atomic mass is 35.5. The molecule has 0 heterocycles. The van der Waals surface area contributed by atoms with E-state index in [2.05, 4.69) is 0 Å². The van der Waals surface area contributed by atoms with Crippen molar-refractivity contribution >= 4 is 34.7 Å². The molecule has 0 atom stereocenters. The van der Waals surface area contributed by atoms with Crippen LogP contribution in [0.5, 0.6) is 0 Å². The molecule has 2 aromatic rings. The fraction of sp³-hybridized carbons (Fsp3) is 0.133. The van der Waals surface area contributed by atoms with Gasteiger partial charge in [-0.15, -0.1) is 0 Å². The summed E-state index contributed by atoms with van der Waals surface area (Å²) in [6, 6.07) is 13.0. The van der Waals surface area contributed by atoms with Gasteiger partial charge in [0.25, 0.3) is 0 Å². The zero-order chi connectivity index (χ0) is 14.7. The molecular weight excluding hydrogens is 293 g/mol. The minimum Gasteiger partial charge on any atom is -0.384 e. The Bertz CT molecular complexity index is 621. The Morgan fingerprint density at radius 2 is 1.75 bits per heavy atom. The smallest absolute Gasteiger partial charge is 0.122 e. The fourth-order valence-electron chi connectivity index (χ4n) is 1.92. The van der Waals surface area contributed by atoms with E-state index >= 15 is 0 Å². The largest absolute Gasteiger partial charge is 0.384 e. The molecule has 0 bridgehead atoms.